The maximum absolute atomic E-state index is 14.0. The third-order valence-corrected chi connectivity index (χ3v) is 4.23. The molecule has 0 N–H and O–H groups in total. The Kier molecular flexibility index (Phi) is 3.53. The Morgan fingerprint density at radius 3 is 2.50 bits per heavy atom. The highest BCUT2D eigenvalue weighted by molar-refractivity contribution is 6.30. The van der Waals surface area contributed by atoms with Gasteiger partial charge in [-0.3, -0.25) is 0 Å². The van der Waals surface area contributed by atoms with Crippen molar-refractivity contribution in [3.63, 3.8) is 0 Å². The van der Waals surface area contributed by atoms with Crippen molar-refractivity contribution in [3.05, 3.63) is 34.6 Å². The molecular weight excluding hydrogens is 223 g/mol. The maximum Gasteiger partial charge on any atom is 0.128 e. The summed E-state index contributed by atoms with van der Waals surface area (Å²) in [6.45, 7) is 2.17. The van der Waals surface area contributed by atoms with Gasteiger partial charge in [-0.15, -0.1) is 0 Å². The number of halogens is 2. The monoisotopic (exact) mass is 240 g/mol. The smallest absolute Gasteiger partial charge is 0.128 e. The molecular formula is C14H18ClF. The van der Waals surface area contributed by atoms with Gasteiger partial charge < -0.3 is 0 Å². The van der Waals surface area contributed by atoms with E-state index in [-0.39, 0.29) is 11.2 Å². The molecule has 1 aromatic rings. The van der Waals surface area contributed by atoms with Gasteiger partial charge in [0.05, 0.1) is 0 Å². The summed E-state index contributed by atoms with van der Waals surface area (Å²) in [7, 11) is 0. The predicted molar refractivity (Wildman–Crippen MR) is 66.5 cm³/mol. The summed E-state index contributed by atoms with van der Waals surface area (Å²) in [6.07, 6.45) is 6.97. The molecule has 16 heavy (non-hydrogen) atoms. The number of hydrogen-bond donors (Lipinski definition) is 0. The van der Waals surface area contributed by atoms with E-state index in [0.717, 1.165) is 24.8 Å². The summed E-state index contributed by atoms with van der Waals surface area (Å²) in [5, 5.41) is 0.489. The maximum atomic E-state index is 14.0. The average Bonchev–Trinajstić information content (AvgIpc) is 2.30. The van der Waals surface area contributed by atoms with Gasteiger partial charge in [0.2, 0.25) is 0 Å². The van der Waals surface area contributed by atoms with Crippen LogP contribution in [-0.4, -0.2) is 0 Å². The van der Waals surface area contributed by atoms with E-state index in [1.54, 1.807) is 0 Å². The third-order valence-electron chi connectivity index (χ3n) is 3.99. The normalized spacial score (nSPS) is 19.7. The van der Waals surface area contributed by atoms with Crippen molar-refractivity contribution >= 4 is 11.6 Å². The first-order chi connectivity index (χ1) is 7.68. The highest BCUT2D eigenvalue weighted by Gasteiger charge is 2.34. The Hall–Kier alpha value is -0.560. The van der Waals surface area contributed by atoms with E-state index in [1.807, 2.05) is 12.1 Å². The van der Waals surface area contributed by atoms with Crippen molar-refractivity contribution in [2.24, 2.45) is 0 Å². The zero-order valence-electron chi connectivity index (χ0n) is 9.73. The lowest BCUT2D eigenvalue weighted by Crippen LogP contribution is -2.29. The molecule has 0 nitrogen and oxygen atoms in total. The third kappa shape index (κ3) is 2.10. The second kappa shape index (κ2) is 4.75. The largest absolute Gasteiger partial charge is 0.207 e. The van der Waals surface area contributed by atoms with Gasteiger partial charge in [0, 0.05) is 5.02 Å². The molecule has 1 fully saturated rings. The fourth-order valence-electron chi connectivity index (χ4n) is 2.96. The molecule has 0 amide bonds. The Bertz CT molecular complexity index is 367. The Morgan fingerprint density at radius 2 is 1.94 bits per heavy atom. The first-order valence-electron chi connectivity index (χ1n) is 6.13. The molecule has 0 atom stereocenters. The predicted octanol–water partition coefficient (Wildman–Crippen LogP) is 5.09. The molecule has 0 unspecified atom stereocenters. The van der Waals surface area contributed by atoms with Gasteiger partial charge in [0.1, 0.15) is 5.82 Å². The summed E-state index contributed by atoms with van der Waals surface area (Å²) in [5.74, 6) is -0.128. The number of benzene rings is 1. The Balaban J connectivity index is 2.39. The number of rotatable bonds is 2. The van der Waals surface area contributed by atoms with Crippen molar-refractivity contribution in [1.29, 1.82) is 0 Å². The van der Waals surface area contributed by atoms with Crippen molar-refractivity contribution < 1.29 is 4.39 Å². The average molecular weight is 241 g/mol. The van der Waals surface area contributed by atoms with Crippen LogP contribution in [0, 0.1) is 5.82 Å². The molecule has 1 saturated carbocycles. The molecule has 88 valence electrons. The molecule has 1 aromatic carbocycles. The van der Waals surface area contributed by atoms with E-state index in [4.69, 9.17) is 11.6 Å². The van der Waals surface area contributed by atoms with Gasteiger partial charge in [-0.25, -0.2) is 4.39 Å². The van der Waals surface area contributed by atoms with Gasteiger partial charge in [0.15, 0.2) is 0 Å². The minimum Gasteiger partial charge on any atom is -0.207 e. The molecule has 0 radical (unpaired) electrons. The van der Waals surface area contributed by atoms with Crippen molar-refractivity contribution in [1.82, 2.24) is 0 Å². The zero-order valence-corrected chi connectivity index (χ0v) is 10.5. The quantitative estimate of drug-likeness (QED) is 0.675. The lowest BCUT2D eigenvalue weighted by Gasteiger charge is -2.37. The molecule has 2 rings (SSSR count). The van der Waals surface area contributed by atoms with E-state index >= 15 is 0 Å². The fourth-order valence-corrected chi connectivity index (χ4v) is 3.12. The van der Waals surface area contributed by atoms with Crippen LogP contribution in [0.5, 0.6) is 0 Å². The first-order valence-corrected chi connectivity index (χ1v) is 6.51. The fraction of sp³-hybridized carbons (Fsp3) is 0.571. The first kappa shape index (κ1) is 11.9. The number of hydrogen-bond acceptors (Lipinski definition) is 0. The zero-order chi connectivity index (χ0) is 11.6. The van der Waals surface area contributed by atoms with E-state index in [0.29, 0.717) is 5.02 Å². The molecule has 0 saturated heterocycles. The SMILES string of the molecule is CCC1(c2ccc(Cl)cc2F)CCCCC1. The van der Waals surface area contributed by atoms with Crippen LogP contribution < -0.4 is 0 Å². The molecule has 0 aromatic heterocycles. The van der Waals surface area contributed by atoms with E-state index in [1.165, 1.54) is 25.3 Å². The van der Waals surface area contributed by atoms with Crippen LogP contribution in [0.1, 0.15) is 51.0 Å². The van der Waals surface area contributed by atoms with Crippen LogP contribution >= 0.6 is 11.6 Å². The van der Waals surface area contributed by atoms with E-state index < -0.39 is 0 Å². The molecule has 2 heteroatoms. The highest BCUT2D eigenvalue weighted by Crippen LogP contribution is 2.43. The molecule has 1 aliphatic carbocycles. The summed E-state index contributed by atoms with van der Waals surface area (Å²) in [6, 6.07) is 5.14. The topological polar surface area (TPSA) is 0 Å². The van der Waals surface area contributed by atoms with Crippen LogP contribution in [0.2, 0.25) is 5.02 Å². The summed E-state index contributed by atoms with van der Waals surface area (Å²) in [5.41, 5.74) is 0.937. The van der Waals surface area contributed by atoms with Crippen LogP contribution in [0.3, 0.4) is 0 Å². The van der Waals surface area contributed by atoms with Gasteiger partial charge in [-0.2, -0.15) is 0 Å². The molecule has 0 heterocycles. The van der Waals surface area contributed by atoms with Gasteiger partial charge in [-0.1, -0.05) is 43.9 Å². The van der Waals surface area contributed by atoms with E-state index in [2.05, 4.69) is 6.92 Å². The second-order valence-corrected chi connectivity index (χ2v) is 5.26. The van der Waals surface area contributed by atoms with E-state index in [9.17, 15) is 4.39 Å². The Labute approximate surface area is 102 Å². The van der Waals surface area contributed by atoms with Crippen molar-refractivity contribution in [3.8, 4) is 0 Å². The molecule has 1 aliphatic rings. The molecule has 0 aliphatic heterocycles. The highest BCUT2D eigenvalue weighted by atomic mass is 35.5. The van der Waals surface area contributed by atoms with Crippen LogP contribution in [-0.2, 0) is 5.41 Å². The standard InChI is InChI=1S/C14H18ClF/c1-2-14(8-4-3-5-9-14)12-7-6-11(15)10-13(12)16/h6-7,10H,2-5,8-9H2,1H3. The minimum atomic E-state index is -0.128. The van der Waals surface area contributed by atoms with Gasteiger partial charge in [-0.05, 0) is 42.4 Å². The van der Waals surface area contributed by atoms with Gasteiger partial charge >= 0.3 is 0 Å². The summed E-state index contributed by atoms with van der Waals surface area (Å²) >= 11 is 5.80. The minimum absolute atomic E-state index is 0.0624. The van der Waals surface area contributed by atoms with Crippen LogP contribution in [0.4, 0.5) is 4.39 Å². The molecule has 0 spiro atoms. The summed E-state index contributed by atoms with van der Waals surface area (Å²) in [4.78, 5) is 0. The Morgan fingerprint density at radius 1 is 1.25 bits per heavy atom. The molecule has 0 bridgehead atoms. The lowest BCUT2D eigenvalue weighted by molar-refractivity contribution is 0.275. The van der Waals surface area contributed by atoms with Gasteiger partial charge in [0.25, 0.3) is 0 Å². The van der Waals surface area contributed by atoms with Crippen molar-refractivity contribution in [2.75, 3.05) is 0 Å². The van der Waals surface area contributed by atoms with Crippen LogP contribution in [0.15, 0.2) is 18.2 Å². The summed E-state index contributed by atoms with van der Waals surface area (Å²) < 4.78 is 14.0. The second-order valence-electron chi connectivity index (χ2n) is 4.82. The van der Waals surface area contributed by atoms with Crippen molar-refractivity contribution in [2.45, 2.75) is 50.9 Å². The lowest BCUT2D eigenvalue weighted by atomic mass is 9.67. The van der Waals surface area contributed by atoms with Crippen LogP contribution in [0.25, 0.3) is 0 Å².